The molecule has 1 aliphatic rings. The number of aromatic nitrogens is 2. The minimum Gasteiger partial charge on any atom is -0.324 e. The molecule has 0 bridgehead atoms. The van der Waals surface area contributed by atoms with Gasteiger partial charge in [0.1, 0.15) is 5.78 Å². The number of rotatable bonds is 4. The van der Waals surface area contributed by atoms with Crippen molar-refractivity contribution < 1.29 is 4.79 Å². The summed E-state index contributed by atoms with van der Waals surface area (Å²) in [6, 6.07) is 0.00671. The Morgan fingerprint density at radius 1 is 1.61 bits per heavy atom. The van der Waals surface area contributed by atoms with Gasteiger partial charge in [0.05, 0.1) is 22.8 Å². The Hall–Kier alpha value is -1.13. The minimum atomic E-state index is -0.0726. The largest absolute Gasteiger partial charge is 0.324 e. The maximum absolute atomic E-state index is 12.2. The summed E-state index contributed by atoms with van der Waals surface area (Å²) in [5, 5.41) is 4.92. The van der Waals surface area contributed by atoms with Gasteiger partial charge in [-0.05, 0) is 20.3 Å². The van der Waals surface area contributed by atoms with Crippen LogP contribution in [0.4, 0.5) is 0 Å². The first-order chi connectivity index (χ1) is 8.52. The molecular formula is C13H18ClN3O. The van der Waals surface area contributed by atoms with Gasteiger partial charge in [-0.1, -0.05) is 23.8 Å². The summed E-state index contributed by atoms with van der Waals surface area (Å²) in [4.78, 5) is 12.2. The number of ketones is 1. The van der Waals surface area contributed by atoms with Crippen LogP contribution in [0.2, 0.25) is 5.02 Å². The number of halogens is 1. The van der Waals surface area contributed by atoms with E-state index in [1.165, 1.54) is 0 Å². The van der Waals surface area contributed by atoms with Crippen molar-refractivity contribution in [3.63, 3.8) is 0 Å². The smallest absolute Gasteiger partial charge is 0.145 e. The Kier molecular flexibility index (Phi) is 3.88. The summed E-state index contributed by atoms with van der Waals surface area (Å²) in [5.41, 5.74) is 7.36. The molecule has 2 N–H and O–H groups in total. The SMILES string of the molecule is CCn1nc(C)c(Cl)c1CC(=O)C1C=CC(N)C1. The van der Waals surface area contributed by atoms with E-state index in [1.54, 1.807) is 4.68 Å². The summed E-state index contributed by atoms with van der Waals surface area (Å²) < 4.78 is 1.80. The fraction of sp³-hybridized carbons (Fsp3) is 0.538. The van der Waals surface area contributed by atoms with Crippen LogP contribution in [0.1, 0.15) is 24.7 Å². The third-order valence-corrected chi connectivity index (χ3v) is 3.82. The molecule has 0 radical (unpaired) electrons. The highest BCUT2D eigenvalue weighted by Crippen LogP contribution is 2.24. The molecule has 0 amide bonds. The number of nitrogens with two attached hydrogens (primary N) is 1. The molecule has 1 aromatic heterocycles. The maximum Gasteiger partial charge on any atom is 0.145 e. The minimum absolute atomic E-state index is 0.00671. The lowest BCUT2D eigenvalue weighted by atomic mass is 9.99. The highest BCUT2D eigenvalue weighted by atomic mass is 35.5. The van der Waals surface area contributed by atoms with Gasteiger partial charge >= 0.3 is 0 Å². The molecule has 4 nitrogen and oxygen atoms in total. The molecule has 0 saturated carbocycles. The molecule has 1 heterocycles. The Labute approximate surface area is 112 Å². The number of hydrogen-bond acceptors (Lipinski definition) is 3. The third kappa shape index (κ3) is 2.49. The molecule has 18 heavy (non-hydrogen) atoms. The molecule has 1 aromatic rings. The molecule has 0 aromatic carbocycles. The topological polar surface area (TPSA) is 60.9 Å². The number of hydrogen-bond donors (Lipinski definition) is 1. The fourth-order valence-corrected chi connectivity index (χ4v) is 2.50. The van der Waals surface area contributed by atoms with Crippen LogP contribution in [0, 0.1) is 12.8 Å². The predicted octanol–water partition coefficient (Wildman–Crippen LogP) is 1.88. The highest BCUT2D eigenvalue weighted by Gasteiger charge is 2.25. The predicted molar refractivity (Wildman–Crippen MR) is 71.6 cm³/mol. The van der Waals surface area contributed by atoms with Crippen molar-refractivity contribution in [1.82, 2.24) is 9.78 Å². The van der Waals surface area contributed by atoms with Gasteiger partial charge < -0.3 is 5.73 Å². The van der Waals surface area contributed by atoms with Crippen molar-refractivity contribution in [2.45, 2.75) is 39.3 Å². The van der Waals surface area contributed by atoms with Crippen molar-refractivity contribution in [2.75, 3.05) is 0 Å². The monoisotopic (exact) mass is 267 g/mol. The van der Waals surface area contributed by atoms with Crippen LogP contribution < -0.4 is 5.73 Å². The molecule has 1 aliphatic carbocycles. The number of nitrogens with zero attached hydrogens (tertiary/aromatic N) is 2. The lowest BCUT2D eigenvalue weighted by Gasteiger charge is -2.09. The van der Waals surface area contributed by atoms with Crippen LogP contribution in [0.15, 0.2) is 12.2 Å². The van der Waals surface area contributed by atoms with Crippen molar-refractivity contribution in [2.24, 2.45) is 11.7 Å². The molecule has 5 heteroatoms. The summed E-state index contributed by atoms with van der Waals surface area (Å²) in [5.74, 6) is 0.0901. The summed E-state index contributed by atoms with van der Waals surface area (Å²) in [6.07, 6.45) is 4.83. The van der Waals surface area contributed by atoms with Gasteiger partial charge in [-0.15, -0.1) is 0 Å². The number of allylic oxidation sites excluding steroid dienone is 1. The number of carbonyl (C=O) groups is 1. The standard InChI is InChI=1S/C13H18ClN3O/c1-3-17-11(13(14)8(2)16-17)7-12(18)9-4-5-10(15)6-9/h4-5,9-10H,3,6-7,15H2,1-2H3. The molecular weight excluding hydrogens is 250 g/mol. The van der Waals surface area contributed by atoms with E-state index in [-0.39, 0.29) is 17.7 Å². The molecule has 0 spiro atoms. The van der Waals surface area contributed by atoms with Gasteiger partial charge in [0.15, 0.2) is 0 Å². The van der Waals surface area contributed by atoms with Crippen LogP contribution in [0.3, 0.4) is 0 Å². The van der Waals surface area contributed by atoms with E-state index in [4.69, 9.17) is 17.3 Å². The number of aryl methyl sites for hydroxylation is 2. The van der Waals surface area contributed by atoms with Crippen molar-refractivity contribution >= 4 is 17.4 Å². The molecule has 2 unspecified atom stereocenters. The van der Waals surface area contributed by atoms with Crippen LogP contribution >= 0.6 is 11.6 Å². The Morgan fingerprint density at radius 3 is 2.89 bits per heavy atom. The second kappa shape index (κ2) is 5.24. The van der Waals surface area contributed by atoms with Gasteiger partial charge in [-0.2, -0.15) is 5.10 Å². The number of carbonyl (C=O) groups excluding carboxylic acids is 1. The van der Waals surface area contributed by atoms with Crippen molar-refractivity contribution in [3.05, 3.63) is 28.6 Å². The first kappa shape index (κ1) is 13.3. The molecule has 0 aliphatic heterocycles. The summed E-state index contributed by atoms with van der Waals surface area (Å²) in [6.45, 7) is 4.56. The van der Waals surface area contributed by atoms with Crippen LogP contribution in [0.25, 0.3) is 0 Å². The molecule has 0 fully saturated rings. The van der Waals surface area contributed by atoms with Gasteiger partial charge in [-0.25, -0.2) is 0 Å². The van der Waals surface area contributed by atoms with E-state index >= 15 is 0 Å². The van der Waals surface area contributed by atoms with E-state index < -0.39 is 0 Å². The second-order valence-corrected chi connectivity index (χ2v) is 5.07. The Morgan fingerprint density at radius 2 is 2.33 bits per heavy atom. The zero-order valence-corrected chi connectivity index (χ0v) is 11.4. The van der Waals surface area contributed by atoms with Gasteiger partial charge in [0.25, 0.3) is 0 Å². The summed E-state index contributed by atoms with van der Waals surface area (Å²) in [7, 11) is 0. The second-order valence-electron chi connectivity index (χ2n) is 4.70. The van der Waals surface area contributed by atoms with Crippen LogP contribution in [-0.2, 0) is 17.8 Å². The maximum atomic E-state index is 12.2. The molecule has 0 saturated heterocycles. The summed E-state index contributed by atoms with van der Waals surface area (Å²) >= 11 is 6.19. The number of Topliss-reactive ketones (excluding diaryl/α,β-unsaturated/α-hetero) is 1. The zero-order chi connectivity index (χ0) is 13.3. The molecule has 98 valence electrons. The van der Waals surface area contributed by atoms with Crippen molar-refractivity contribution in [3.8, 4) is 0 Å². The lowest BCUT2D eigenvalue weighted by molar-refractivity contribution is -0.121. The van der Waals surface area contributed by atoms with Crippen LogP contribution in [-0.4, -0.2) is 21.6 Å². The third-order valence-electron chi connectivity index (χ3n) is 3.32. The van der Waals surface area contributed by atoms with E-state index in [0.717, 1.165) is 17.9 Å². The Bertz CT molecular complexity index is 493. The Balaban J connectivity index is 2.14. The van der Waals surface area contributed by atoms with Gasteiger partial charge in [-0.3, -0.25) is 9.48 Å². The average Bonchev–Trinajstić information content (AvgIpc) is 2.88. The zero-order valence-electron chi connectivity index (χ0n) is 10.7. The average molecular weight is 268 g/mol. The van der Waals surface area contributed by atoms with Gasteiger partial charge in [0, 0.05) is 18.5 Å². The first-order valence-electron chi connectivity index (χ1n) is 6.21. The molecule has 2 rings (SSSR count). The highest BCUT2D eigenvalue weighted by molar-refractivity contribution is 6.32. The van der Waals surface area contributed by atoms with E-state index in [1.807, 2.05) is 26.0 Å². The van der Waals surface area contributed by atoms with Gasteiger partial charge in [0.2, 0.25) is 0 Å². The fourth-order valence-electron chi connectivity index (χ4n) is 2.30. The first-order valence-corrected chi connectivity index (χ1v) is 6.59. The van der Waals surface area contributed by atoms with E-state index in [9.17, 15) is 4.79 Å². The van der Waals surface area contributed by atoms with Crippen molar-refractivity contribution in [1.29, 1.82) is 0 Å². The lowest BCUT2D eigenvalue weighted by Crippen LogP contribution is -2.21. The molecule has 2 atom stereocenters. The van der Waals surface area contributed by atoms with E-state index in [2.05, 4.69) is 5.10 Å². The normalized spacial score (nSPS) is 22.7. The van der Waals surface area contributed by atoms with E-state index in [0.29, 0.717) is 17.9 Å². The van der Waals surface area contributed by atoms with Crippen LogP contribution in [0.5, 0.6) is 0 Å². The quantitative estimate of drug-likeness (QED) is 0.848.